The zero-order valence-electron chi connectivity index (χ0n) is 8.37. The van der Waals surface area contributed by atoms with Crippen LogP contribution in [0.4, 0.5) is 0 Å². The Morgan fingerprint density at radius 1 is 1.36 bits per heavy atom. The van der Waals surface area contributed by atoms with Crippen LogP contribution in [0.15, 0.2) is 24.3 Å². The molecule has 0 radical (unpaired) electrons. The van der Waals surface area contributed by atoms with Crippen molar-refractivity contribution in [3.8, 4) is 0 Å². The summed E-state index contributed by atoms with van der Waals surface area (Å²) in [6, 6.07) is 8.01. The Labute approximate surface area is 95.0 Å². The van der Waals surface area contributed by atoms with Crippen molar-refractivity contribution < 1.29 is 0 Å². The van der Waals surface area contributed by atoms with Crippen molar-refractivity contribution >= 4 is 23.4 Å². The predicted molar refractivity (Wildman–Crippen MR) is 65.8 cm³/mol. The molecule has 1 unspecified atom stereocenters. The second-order valence-corrected chi connectivity index (χ2v) is 4.95. The van der Waals surface area contributed by atoms with Crippen LogP contribution in [0.5, 0.6) is 0 Å². The van der Waals surface area contributed by atoms with Gasteiger partial charge < -0.3 is 5.73 Å². The zero-order chi connectivity index (χ0) is 10.4. The van der Waals surface area contributed by atoms with Crippen LogP contribution in [0.3, 0.4) is 0 Å². The fraction of sp³-hybridized carbons (Fsp3) is 0.455. The Morgan fingerprint density at radius 3 is 2.57 bits per heavy atom. The average molecular weight is 230 g/mol. The van der Waals surface area contributed by atoms with Crippen LogP contribution in [0.2, 0.25) is 5.02 Å². The highest BCUT2D eigenvalue weighted by atomic mass is 35.5. The Bertz CT molecular complexity index is 260. The highest BCUT2D eigenvalue weighted by Gasteiger charge is 1.99. The molecule has 3 heteroatoms. The lowest BCUT2D eigenvalue weighted by Gasteiger charge is -2.07. The molecule has 0 heterocycles. The molecular formula is C11H16ClNS. The Hall–Kier alpha value is -0.180. The second-order valence-electron chi connectivity index (χ2n) is 3.48. The monoisotopic (exact) mass is 229 g/mol. The standard InChI is InChI=1S/C11H16ClNS/c1-9(6-13)7-14-8-10-2-4-11(12)5-3-10/h2-5,9H,6-8,13H2,1H3. The number of hydrogen-bond donors (Lipinski definition) is 1. The molecule has 1 rings (SSSR count). The first-order valence-electron chi connectivity index (χ1n) is 4.74. The quantitative estimate of drug-likeness (QED) is 0.840. The fourth-order valence-corrected chi connectivity index (χ4v) is 2.24. The molecule has 0 aromatic heterocycles. The highest BCUT2D eigenvalue weighted by molar-refractivity contribution is 7.98. The van der Waals surface area contributed by atoms with Gasteiger partial charge in [0.25, 0.3) is 0 Å². The predicted octanol–water partition coefficient (Wildman–Crippen LogP) is 3.17. The molecule has 0 aliphatic heterocycles. The molecular weight excluding hydrogens is 214 g/mol. The second kappa shape index (κ2) is 6.33. The van der Waals surface area contributed by atoms with Crippen molar-refractivity contribution in [3.05, 3.63) is 34.9 Å². The molecule has 2 N–H and O–H groups in total. The number of thioether (sulfide) groups is 1. The summed E-state index contributed by atoms with van der Waals surface area (Å²) in [4.78, 5) is 0. The molecule has 0 aliphatic carbocycles. The van der Waals surface area contributed by atoms with E-state index in [0.29, 0.717) is 5.92 Å². The number of nitrogens with two attached hydrogens (primary N) is 1. The smallest absolute Gasteiger partial charge is 0.0406 e. The molecule has 1 nitrogen and oxygen atoms in total. The van der Waals surface area contributed by atoms with Gasteiger partial charge in [-0.2, -0.15) is 11.8 Å². The van der Waals surface area contributed by atoms with Crippen molar-refractivity contribution in [1.29, 1.82) is 0 Å². The molecule has 0 saturated carbocycles. The van der Waals surface area contributed by atoms with Crippen LogP contribution < -0.4 is 5.73 Å². The van der Waals surface area contributed by atoms with E-state index in [1.54, 1.807) is 0 Å². The minimum atomic E-state index is 0.604. The summed E-state index contributed by atoms with van der Waals surface area (Å²) < 4.78 is 0. The molecule has 0 saturated heterocycles. The maximum atomic E-state index is 5.80. The molecule has 1 aromatic carbocycles. The van der Waals surface area contributed by atoms with Gasteiger partial charge in [0, 0.05) is 10.8 Å². The van der Waals surface area contributed by atoms with Crippen molar-refractivity contribution in [1.82, 2.24) is 0 Å². The lowest BCUT2D eigenvalue weighted by Crippen LogP contribution is -2.12. The van der Waals surface area contributed by atoms with Gasteiger partial charge in [0.05, 0.1) is 0 Å². The van der Waals surface area contributed by atoms with Gasteiger partial charge in [-0.15, -0.1) is 0 Å². The number of hydrogen-bond acceptors (Lipinski definition) is 2. The molecule has 0 fully saturated rings. The normalized spacial score (nSPS) is 12.8. The summed E-state index contributed by atoms with van der Waals surface area (Å²) in [5, 5.41) is 0.800. The average Bonchev–Trinajstić information content (AvgIpc) is 2.21. The van der Waals surface area contributed by atoms with Gasteiger partial charge in [-0.25, -0.2) is 0 Å². The third-order valence-electron chi connectivity index (χ3n) is 1.99. The molecule has 0 spiro atoms. The summed E-state index contributed by atoms with van der Waals surface area (Å²) in [5.74, 6) is 2.77. The van der Waals surface area contributed by atoms with E-state index in [1.807, 2.05) is 23.9 Å². The molecule has 0 amide bonds. The summed E-state index contributed by atoms with van der Waals surface area (Å²) in [5.41, 5.74) is 6.86. The fourth-order valence-electron chi connectivity index (χ4n) is 1.03. The molecule has 1 aromatic rings. The summed E-state index contributed by atoms with van der Waals surface area (Å²) in [6.45, 7) is 2.95. The summed E-state index contributed by atoms with van der Waals surface area (Å²) in [6.07, 6.45) is 0. The van der Waals surface area contributed by atoms with Crippen molar-refractivity contribution in [3.63, 3.8) is 0 Å². The summed E-state index contributed by atoms with van der Waals surface area (Å²) >= 11 is 7.72. The van der Waals surface area contributed by atoms with Gasteiger partial charge in [0.2, 0.25) is 0 Å². The van der Waals surface area contributed by atoms with Crippen LogP contribution >= 0.6 is 23.4 Å². The van der Waals surface area contributed by atoms with Crippen LogP contribution in [-0.2, 0) is 5.75 Å². The Kier molecular flexibility index (Phi) is 5.38. The number of benzene rings is 1. The Balaban J connectivity index is 2.28. The minimum Gasteiger partial charge on any atom is -0.330 e. The maximum Gasteiger partial charge on any atom is 0.0406 e. The SMILES string of the molecule is CC(CN)CSCc1ccc(Cl)cc1. The molecule has 78 valence electrons. The first kappa shape index (κ1) is 11.9. The van der Waals surface area contributed by atoms with Gasteiger partial charge in [0.1, 0.15) is 0 Å². The summed E-state index contributed by atoms with van der Waals surface area (Å²) in [7, 11) is 0. The molecule has 14 heavy (non-hydrogen) atoms. The van der Waals surface area contributed by atoms with Gasteiger partial charge >= 0.3 is 0 Å². The van der Waals surface area contributed by atoms with Gasteiger partial charge in [-0.05, 0) is 35.9 Å². The number of rotatable bonds is 5. The largest absolute Gasteiger partial charge is 0.330 e. The van der Waals surface area contributed by atoms with Crippen LogP contribution in [-0.4, -0.2) is 12.3 Å². The Morgan fingerprint density at radius 2 is 2.00 bits per heavy atom. The lowest BCUT2D eigenvalue weighted by atomic mass is 10.2. The van der Waals surface area contributed by atoms with Crippen LogP contribution in [0.1, 0.15) is 12.5 Å². The van der Waals surface area contributed by atoms with Gasteiger partial charge in [-0.1, -0.05) is 30.7 Å². The third-order valence-corrected chi connectivity index (χ3v) is 3.58. The van der Waals surface area contributed by atoms with Crippen molar-refractivity contribution in [2.24, 2.45) is 11.7 Å². The van der Waals surface area contributed by atoms with E-state index in [1.165, 1.54) is 5.56 Å². The highest BCUT2D eigenvalue weighted by Crippen LogP contribution is 2.17. The van der Waals surface area contributed by atoms with E-state index in [4.69, 9.17) is 17.3 Å². The first-order valence-corrected chi connectivity index (χ1v) is 6.28. The maximum absolute atomic E-state index is 5.80. The van der Waals surface area contributed by atoms with E-state index >= 15 is 0 Å². The van der Waals surface area contributed by atoms with Crippen LogP contribution in [0, 0.1) is 5.92 Å². The van der Waals surface area contributed by atoms with E-state index in [-0.39, 0.29) is 0 Å². The van der Waals surface area contributed by atoms with Crippen molar-refractivity contribution in [2.75, 3.05) is 12.3 Å². The molecule has 0 bridgehead atoms. The van der Waals surface area contributed by atoms with E-state index in [0.717, 1.165) is 23.1 Å². The van der Waals surface area contributed by atoms with E-state index in [2.05, 4.69) is 19.1 Å². The third kappa shape index (κ3) is 4.36. The van der Waals surface area contributed by atoms with Crippen LogP contribution in [0.25, 0.3) is 0 Å². The lowest BCUT2D eigenvalue weighted by molar-refractivity contribution is 0.675. The first-order chi connectivity index (χ1) is 6.72. The van der Waals surface area contributed by atoms with Gasteiger partial charge in [0.15, 0.2) is 0 Å². The number of halogens is 1. The van der Waals surface area contributed by atoms with Gasteiger partial charge in [-0.3, -0.25) is 0 Å². The minimum absolute atomic E-state index is 0.604. The zero-order valence-corrected chi connectivity index (χ0v) is 9.94. The van der Waals surface area contributed by atoms with E-state index in [9.17, 15) is 0 Å². The van der Waals surface area contributed by atoms with Crippen molar-refractivity contribution in [2.45, 2.75) is 12.7 Å². The molecule has 0 aliphatic rings. The van der Waals surface area contributed by atoms with E-state index < -0.39 is 0 Å². The topological polar surface area (TPSA) is 26.0 Å². The molecule has 1 atom stereocenters.